The molecule has 0 atom stereocenters. The highest BCUT2D eigenvalue weighted by atomic mass is 19.3. The number of hydrogen-bond acceptors (Lipinski definition) is 3. The molecule has 0 radical (unpaired) electrons. The molecule has 2 rings (SSSR count). The molecule has 2 heterocycles. The minimum absolute atomic E-state index is 0.0396. The van der Waals surface area contributed by atoms with Crippen molar-refractivity contribution in [3.8, 4) is 0 Å². The second kappa shape index (κ2) is 3.68. The molecule has 0 fully saturated rings. The standard InChI is InChI=1S/C10H11F3N4/c1-10(2,3)8-15-6-4-5(7(11)12)14-9(13)17(6)16-8/h4,7H,1-3H3. The van der Waals surface area contributed by atoms with E-state index in [1.165, 1.54) is 0 Å². The van der Waals surface area contributed by atoms with E-state index in [-0.39, 0.29) is 11.1 Å². The second-order valence-corrected chi connectivity index (χ2v) is 4.71. The molecule has 0 bridgehead atoms. The fourth-order valence-electron chi connectivity index (χ4n) is 1.30. The number of aromatic nitrogens is 4. The van der Waals surface area contributed by atoms with E-state index in [1.54, 1.807) is 0 Å². The van der Waals surface area contributed by atoms with Crippen molar-refractivity contribution in [1.82, 2.24) is 19.6 Å². The van der Waals surface area contributed by atoms with Crippen molar-refractivity contribution < 1.29 is 13.2 Å². The Labute approximate surface area is 95.5 Å². The molecule has 0 aliphatic rings. The van der Waals surface area contributed by atoms with Crippen LogP contribution in [0, 0.1) is 6.08 Å². The largest absolute Gasteiger partial charge is 0.312 e. The van der Waals surface area contributed by atoms with Crippen LogP contribution in [0.1, 0.15) is 38.7 Å². The first-order valence-corrected chi connectivity index (χ1v) is 5.01. The van der Waals surface area contributed by atoms with Gasteiger partial charge in [-0.25, -0.2) is 18.7 Å². The van der Waals surface area contributed by atoms with Gasteiger partial charge in [0.15, 0.2) is 11.5 Å². The average Bonchev–Trinajstić information content (AvgIpc) is 2.60. The lowest BCUT2D eigenvalue weighted by Crippen LogP contribution is -2.13. The van der Waals surface area contributed by atoms with Crippen LogP contribution in [0.2, 0.25) is 0 Å². The average molecular weight is 244 g/mol. The van der Waals surface area contributed by atoms with Crippen LogP contribution in [0.4, 0.5) is 13.2 Å². The highest BCUT2D eigenvalue weighted by Gasteiger charge is 2.22. The van der Waals surface area contributed by atoms with Crippen molar-refractivity contribution in [1.29, 1.82) is 0 Å². The van der Waals surface area contributed by atoms with Gasteiger partial charge < -0.3 is 0 Å². The molecule has 4 nitrogen and oxygen atoms in total. The monoisotopic (exact) mass is 244 g/mol. The number of halogens is 3. The van der Waals surface area contributed by atoms with Gasteiger partial charge in [-0.3, -0.25) is 0 Å². The van der Waals surface area contributed by atoms with E-state index >= 15 is 0 Å². The molecule has 2 aromatic heterocycles. The summed E-state index contributed by atoms with van der Waals surface area (Å²) < 4.78 is 39.1. The molecular weight excluding hydrogens is 233 g/mol. The quantitative estimate of drug-likeness (QED) is 0.724. The molecule has 92 valence electrons. The summed E-state index contributed by atoms with van der Waals surface area (Å²) in [5.41, 5.74) is -0.982. The smallest absolute Gasteiger partial charge is 0.211 e. The molecule has 0 aliphatic carbocycles. The zero-order valence-electron chi connectivity index (χ0n) is 9.58. The maximum atomic E-state index is 13.4. The summed E-state index contributed by atoms with van der Waals surface area (Å²) in [5.74, 6) is 0.379. The Hall–Kier alpha value is -1.66. The predicted octanol–water partition coefficient (Wildman–Crippen LogP) is 2.50. The zero-order valence-corrected chi connectivity index (χ0v) is 9.58. The van der Waals surface area contributed by atoms with Crippen LogP contribution >= 0.6 is 0 Å². The van der Waals surface area contributed by atoms with Gasteiger partial charge >= 0.3 is 6.08 Å². The number of nitrogens with zero attached hydrogens (tertiary/aromatic N) is 4. The Morgan fingerprint density at radius 1 is 1.24 bits per heavy atom. The van der Waals surface area contributed by atoms with Gasteiger partial charge in [-0.05, 0) is 0 Å². The molecule has 17 heavy (non-hydrogen) atoms. The maximum Gasteiger partial charge on any atom is 0.312 e. The summed E-state index contributed by atoms with van der Waals surface area (Å²) in [6.45, 7) is 5.55. The van der Waals surface area contributed by atoms with Crippen LogP contribution in [0.3, 0.4) is 0 Å². The van der Waals surface area contributed by atoms with Gasteiger partial charge in [0.25, 0.3) is 6.43 Å². The predicted molar refractivity (Wildman–Crippen MR) is 54.4 cm³/mol. The van der Waals surface area contributed by atoms with Crippen LogP contribution in [0.25, 0.3) is 5.65 Å². The summed E-state index contributed by atoms with van der Waals surface area (Å²) in [6.07, 6.45) is -3.91. The van der Waals surface area contributed by atoms with Gasteiger partial charge in [-0.2, -0.15) is 8.91 Å². The van der Waals surface area contributed by atoms with Gasteiger partial charge in [-0.1, -0.05) is 20.8 Å². The van der Waals surface area contributed by atoms with Gasteiger partial charge in [0, 0.05) is 11.5 Å². The Kier molecular flexibility index (Phi) is 2.56. The van der Waals surface area contributed by atoms with E-state index in [0.29, 0.717) is 5.82 Å². The minimum atomic E-state index is -2.83. The molecule has 2 aromatic rings. The van der Waals surface area contributed by atoms with Crippen LogP contribution in [-0.4, -0.2) is 19.6 Å². The topological polar surface area (TPSA) is 43.1 Å². The van der Waals surface area contributed by atoms with Gasteiger partial charge in [0.05, 0.1) is 0 Å². The third-order valence-electron chi connectivity index (χ3n) is 2.20. The SMILES string of the molecule is CC(C)(C)c1nc2cc(C(F)F)nc(F)n2n1. The highest BCUT2D eigenvalue weighted by molar-refractivity contribution is 5.39. The lowest BCUT2D eigenvalue weighted by molar-refractivity contribution is 0.144. The number of fused-ring (bicyclic) bond motifs is 1. The van der Waals surface area contributed by atoms with Gasteiger partial charge in [-0.15, -0.1) is 5.10 Å². The van der Waals surface area contributed by atoms with Crippen LogP contribution in [-0.2, 0) is 5.41 Å². The molecule has 7 heteroatoms. The van der Waals surface area contributed by atoms with Gasteiger partial charge in [0.1, 0.15) is 5.69 Å². The first-order chi connectivity index (χ1) is 7.79. The summed E-state index contributed by atoms with van der Waals surface area (Å²) in [6, 6.07) is 1.04. The van der Waals surface area contributed by atoms with Crippen molar-refractivity contribution in [2.45, 2.75) is 32.6 Å². The maximum absolute atomic E-state index is 13.4. The minimum Gasteiger partial charge on any atom is -0.211 e. The fourth-order valence-corrected chi connectivity index (χ4v) is 1.30. The third kappa shape index (κ3) is 2.09. The Morgan fingerprint density at radius 3 is 2.41 bits per heavy atom. The fraction of sp³-hybridized carbons (Fsp3) is 0.500. The number of hydrogen-bond donors (Lipinski definition) is 0. The van der Waals surface area contributed by atoms with E-state index in [2.05, 4.69) is 15.1 Å². The third-order valence-corrected chi connectivity index (χ3v) is 2.20. The Balaban J connectivity index is 2.65. The van der Waals surface area contributed by atoms with Crippen LogP contribution in [0.15, 0.2) is 6.07 Å². The molecule has 0 saturated carbocycles. The molecular formula is C10H11F3N4. The van der Waals surface area contributed by atoms with Crippen molar-refractivity contribution in [2.24, 2.45) is 0 Å². The Bertz CT molecular complexity index is 556. The molecule has 0 spiro atoms. The van der Waals surface area contributed by atoms with E-state index in [9.17, 15) is 13.2 Å². The highest BCUT2D eigenvalue weighted by Crippen LogP contribution is 2.22. The van der Waals surface area contributed by atoms with Crippen molar-refractivity contribution in [3.63, 3.8) is 0 Å². The molecule has 0 aromatic carbocycles. The molecule has 0 unspecified atom stereocenters. The lowest BCUT2D eigenvalue weighted by Gasteiger charge is -2.11. The number of alkyl halides is 2. The normalized spacial score (nSPS) is 12.6. The van der Waals surface area contributed by atoms with Crippen molar-refractivity contribution in [3.05, 3.63) is 23.7 Å². The molecule has 0 amide bonds. The zero-order chi connectivity index (χ0) is 12.8. The summed E-state index contributed by atoms with van der Waals surface area (Å²) in [4.78, 5) is 7.17. The number of rotatable bonds is 1. The Morgan fingerprint density at radius 2 is 1.88 bits per heavy atom. The van der Waals surface area contributed by atoms with E-state index < -0.39 is 18.2 Å². The second-order valence-electron chi connectivity index (χ2n) is 4.71. The van der Waals surface area contributed by atoms with Crippen LogP contribution in [0.5, 0.6) is 0 Å². The lowest BCUT2D eigenvalue weighted by atomic mass is 9.96. The summed E-state index contributed by atoms with van der Waals surface area (Å²) >= 11 is 0. The van der Waals surface area contributed by atoms with Crippen molar-refractivity contribution in [2.75, 3.05) is 0 Å². The first kappa shape index (κ1) is 11.8. The molecule has 0 aliphatic heterocycles. The van der Waals surface area contributed by atoms with E-state index in [0.717, 1.165) is 10.6 Å². The molecule has 0 N–H and O–H groups in total. The molecule has 0 saturated heterocycles. The van der Waals surface area contributed by atoms with Crippen molar-refractivity contribution >= 4 is 5.65 Å². The first-order valence-electron chi connectivity index (χ1n) is 5.01. The van der Waals surface area contributed by atoms with Gasteiger partial charge in [0.2, 0.25) is 0 Å². The van der Waals surface area contributed by atoms with E-state index in [1.807, 2.05) is 20.8 Å². The van der Waals surface area contributed by atoms with Crippen LogP contribution < -0.4 is 0 Å². The summed E-state index contributed by atoms with van der Waals surface area (Å²) in [7, 11) is 0. The van der Waals surface area contributed by atoms with E-state index in [4.69, 9.17) is 0 Å². The summed E-state index contributed by atoms with van der Waals surface area (Å²) in [5, 5.41) is 3.91.